The van der Waals surface area contributed by atoms with E-state index >= 15 is 0 Å². The summed E-state index contributed by atoms with van der Waals surface area (Å²) in [6.45, 7) is 4.51. The number of likely N-dealkylation sites (tertiary alicyclic amines) is 1. The molecule has 0 atom stereocenters. The molecule has 2 aliphatic heterocycles. The van der Waals surface area contributed by atoms with Crippen LogP contribution in [0.3, 0.4) is 0 Å². The monoisotopic (exact) mass is 371 g/mol. The first-order valence-electron chi connectivity index (χ1n) is 9.11. The van der Waals surface area contributed by atoms with Gasteiger partial charge < -0.3 is 14.2 Å². The Morgan fingerprint density at radius 1 is 1.23 bits per heavy atom. The first-order chi connectivity index (χ1) is 12.7. The maximum atomic E-state index is 12.0. The molecule has 1 aromatic carbocycles. The number of nitrogens with zero attached hydrogens (tertiary/aromatic N) is 3. The number of amides is 1. The van der Waals surface area contributed by atoms with Crippen LogP contribution in [0.15, 0.2) is 36.2 Å². The van der Waals surface area contributed by atoms with E-state index in [0.29, 0.717) is 19.7 Å². The van der Waals surface area contributed by atoms with E-state index in [4.69, 9.17) is 16.3 Å². The molecule has 1 saturated heterocycles. The zero-order valence-electron chi connectivity index (χ0n) is 14.9. The fourth-order valence-electron chi connectivity index (χ4n) is 3.86. The van der Waals surface area contributed by atoms with Gasteiger partial charge in [-0.3, -0.25) is 0 Å². The molecule has 2 aliphatic rings. The number of benzene rings is 1. The third-order valence-electron chi connectivity index (χ3n) is 5.14. The molecule has 2 aromatic rings. The van der Waals surface area contributed by atoms with E-state index in [0.717, 1.165) is 36.7 Å². The number of hydrogen-bond donors (Lipinski definition) is 0. The average Bonchev–Trinajstić information content (AvgIpc) is 3.05. The Morgan fingerprint density at radius 3 is 2.81 bits per heavy atom. The molecule has 4 rings (SSSR count). The van der Waals surface area contributed by atoms with Gasteiger partial charge in [0.15, 0.2) is 0 Å². The second-order valence-corrected chi connectivity index (χ2v) is 7.10. The zero-order chi connectivity index (χ0) is 18.1. The molecule has 0 N–H and O–H groups in total. The van der Waals surface area contributed by atoms with Crippen LogP contribution in [0.1, 0.15) is 36.7 Å². The fraction of sp³-hybridized carbons (Fsp3) is 0.400. The number of halogens is 1. The number of piperidine rings is 1. The van der Waals surface area contributed by atoms with Crippen LogP contribution in [-0.2, 0) is 17.7 Å². The predicted molar refractivity (Wildman–Crippen MR) is 101 cm³/mol. The lowest BCUT2D eigenvalue weighted by molar-refractivity contribution is 0.104. The molecule has 0 bridgehead atoms. The van der Waals surface area contributed by atoms with Crippen LogP contribution < -0.4 is 0 Å². The number of ether oxygens (including phenoxy) is 1. The van der Waals surface area contributed by atoms with Crippen molar-refractivity contribution < 1.29 is 9.53 Å². The Balaban J connectivity index is 1.72. The van der Waals surface area contributed by atoms with Gasteiger partial charge in [-0.15, -0.1) is 0 Å². The molecular weight excluding hydrogens is 350 g/mol. The summed E-state index contributed by atoms with van der Waals surface area (Å²) in [7, 11) is 0. The fourth-order valence-corrected chi connectivity index (χ4v) is 4.06. The number of hydrogen-bond acceptors (Lipinski definition) is 3. The van der Waals surface area contributed by atoms with Crippen LogP contribution in [0, 0.1) is 0 Å². The Bertz CT molecular complexity index is 862. The van der Waals surface area contributed by atoms with Gasteiger partial charge in [-0.25, -0.2) is 9.78 Å². The minimum atomic E-state index is -0.217. The SMILES string of the molecule is CCOC(=O)N1CCC(=C2c3ccc(Cl)cc3CCn3ccnc32)CC1. The van der Waals surface area contributed by atoms with E-state index in [1.807, 2.05) is 25.4 Å². The topological polar surface area (TPSA) is 47.4 Å². The van der Waals surface area contributed by atoms with Crippen molar-refractivity contribution in [3.63, 3.8) is 0 Å². The van der Waals surface area contributed by atoms with Gasteiger partial charge in [0, 0.05) is 42.6 Å². The van der Waals surface area contributed by atoms with Crippen LogP contribution in [0.4, 0.5) is 4.79 Å². The van der Waals surface area contributed by atoms with Crippen molar-refractivity contribution in [1.29, 1.82) is 0 Å². The summed E-state index contributed by atoms with van der Waals surface area (Å²) in [5.74, 6) is 1.02. The molecular formula is C20H22ClN3O2. The molecule has 6 heteroatoms. The van der Waals surface area contributed by atoms with Crippen LogP contribution in [-0.4, -0.2) is 40.2 Å². The number of carbonyl (C=O) groups excluding carboxylic acids is 1. The van der Waals surface area contributed by atoms with Gasteiger partial charge in [0.2, 0.25) is 0 Å². The standard InChI is InChI=1S/C20H22ClN3O2/c1-2-26-20(25)24-10-5-14(6-11-24)18-17-4-3-16(21)13-15(17)7-9-23-12-8-22-19(18)23/h3-4,8,12-13H,2,5-7,9-11H2,1H3. The summed E-state index contributed by atoms with van der Waals surface area (Å²) in [4.78, 5) is 18.4. The molecule has 0 radical (unpaired) electrons. The minimum absolute atomic E-state index is 0.217. The highest BCUT2D eigenvalue weighted by molar-refractivity contribution is 6.30. The third-order valence-corrected chi connectivity index (χ3v) is 5.38. The largest absolute Gasteiger partial charge is 0.450 e. The lowest BCUT2D eigenvalue weighted by atomic mass is 9.90. The highest BCUT2D eigenvalue weighted by Crippen LogP contribution is 2.36. The molecule has 1 amide bonds. The maximum Gasteiger partial charge on any atom is 0.409 e. The Kier molecular flexibility index (Phi) is 4.72. The quantitative estimate of drug-likeness (QED) is 0.756. The van der Waals surface area contributed by atoms with Gasteiger partial charge in [-0.1, -0.05) is 23.2 Å². The molecule has 136 valence electrons. The number of imidazole rings is 1. The third kappa shape index (κ3) is 3.12. The minimum Gasteiger partial charge on any atom is -0.450 e. The molecule has 1 aromatic heterocycles. The second kappa shape index (κ2) is 7.16. The van der Waals surface area contributed by atoms with Gasteiger partial charge in [-0.2, -0.15) is 0 Å². The van der Waals surface area contributed by atoms with E-state index < -0.39 is 0 Å². The smallest absolute Gasteiger partial charge is 0.409 e. The number of carbonyl (C=O) groups is 1. The lowest BCUT2D eigenvalue weighted by Crippen LogP contribution is -2.37. The van der Waals surface area contributed by atoms with E-state index in [1.165, 1.54) is 22.3 Å². The molecule has 3 heterocycles. The van der Waals surface area contributed by atoms with Crippen LogP contribution in [0.25, 0.3) is 5.57 Å². The number of aryl methyl sites for hydroxylation is 2. The van der Waals surface area contributed by atoms with Crippen molar-refractivity contribution in [3.8, 4) is 0 Å². The predicted octanol–water partition coefficient (Wildman–Crippen LogP) is 4.15. The maximum absolute atomic E-state index is 12.0. The number of rotatable bonds is 1. The Labute approximate surface area is 158 Å². The highest BCUT2D eigenvalue weighted by Gasteiger charge is 2.27. The zero-order valence-corrected chi connectivity index (χ0v) is 15.6. The Hall–Kier alpha value is -2.27. The Morgan fingerprint density at radius 2 is 2.04 bits per heavy atom. The molecule has 26 heavy (non-hydrogen) atoms. The van der Waals surface area contributed by atoms with Gasteiger partial charge in [0.1, 0.15) is 5.82 Å². The average molecular weight is 372 g/mol. The summed E-state index contributed by atoms with van der Waals surface area (Å²) in [6, 6.07) is 6.13. The number of fused-ring (bicyclic) bond motifs is 2. The highest BCUT2D eigenvalue weighted by atomic mass is 35.5. The number of aromatic nitrogens is 2. The molecule has 0 aliphatic carbocycles. The van der Waals surface area contributed by atoms with Crippen molar-refractivity contribution in [2.75, 3.05) is 19.7 Å². The molecule has 0 saturated carbocycles. The van der Waals surface area contributed by atoms with Crippen LogP contribution in [0.5, 0.6) is 0 Å². The van der Waals surface area contributed by atoms with Crippen LogP contribution in [0.2, 0.25) is 5.02 Å². The first-order valence-corrected chi connectivity index (χ1v) is 9.49. The van der Waals surface area contributed by atoms with Crippen LogP contribution >= 0.6 is 11.6 Å². The molecule has 1 fully saturated rings. The molecule has 0 unspecified atom stereocenters. The van der Waals surface area contributed by atoms with Gasteiger partial charge in [0.05, 0.1) is 6.61 Å². The summed E-state index contributed by atoms with van der Waals surface area (Å²) in [5.41, 5.74) is 5.04. The summed E-state index contributed by atoms with van der Waals surface area (Å²) in [6.07, 6.45) is 6.30. The van der Waals surface area contributed by atoms with Crippen molar-refractivity contribution in [1.82, 2.24) is 14.5 Å². The molecule has 5 nitrogen and oxygen atoms in total. The normalized spacial score (nSPS) is 16.8. The van der Waals surface area contributed by atoms with E-state index in [1.54, 1.807) is 4.90 Å². The van der Waals surface area contributed by atoms with Gasteiger partial charge >= 0.3 is 6.09 Å². The van der Waals surface area contributed by atoms with Gasteiger partial charge in [0.25, 0.3) is 0 Å². The summed E-state index contributed by atoms with van der Waals surface area (Å²) < 4.78 is 7.35. The van der Waals surface area contributed by atoms with Crippen molar-refractivity contribution in [3.05, 3.63) is 58.1 Å². The summed E-state index contributed by atoms with van der Waals surface area (Å²) >= 11 is 6.24. The lowest BCUT2D eigenvalue weighted by Gasteiger charge is -2.29. The molecule has 0 spiro atoms. The first kappa shape index (κ1) is 17.2. The second-order valence-electron chi connectivity index (χ2n) is 6.66. The van der Waals surface area contributed by atoms with Gasteiger partial charge in [-0.05, 0) is 49.4 Å². The van der Waals surface area contributed by atoms with Crippen molar-refractivity contribution >= 4 is 23.3 Å². The van der Waals surface area contributed by atoms with E-state index in [9.17, 15) is 4.79 Å². The van der Waals surface area contributed by atoms with Crippen molar-refractivity contribution in [2.24, 2.45) is 0 Å². The van der Waals surface area contributed by atoms with E-state index in [2.05, 4.69) is 21.7 Å². The van der Waals surface area contributed by atoms with E-state index in [-0.39, 0.29) is 6.09 Å². The summed E-state index contributed by atoms with van der Waals surface area (Å²) in [5, 5.41) is 0.768. The van der Waals surface area contributed by atoms with Crippen molar-refractivity contribution in [2.45, 2.75) is 32.7 Å².